The standard InChI is InChI=1S/C21H22/c1-2-3-11-20-15-18-12-7-8-13-19(18)16-21(20)14-17-9-5-4-6-10-17/h4-10,12-13,15-16H,2-3,11,14H2,1H3. The molecular formula is C21H22. The van der Waals surface area contributed by atoms with Crippen LogP contribution in [-0.4, -0.2) is 0 Å². The molecule has 0 unspecified atom stereocenters. The molecule has 0 bridgehead atoms. The topological polar surface area (TPSA) is 0 Å². The summed E-state index contributed by atoms with van der Waals surface area (Å²) in [4.78, 5) is 0. The van der Waals surface area contributed by atoms with E-state index in [4.69, 9.17) is 0 Å². The molecule has 0 aromatic heterocycles. The van der Waals surface area contributed by atoms with Gasteiger partial charge in [-0.05, 0) is 46.7 Å². The largest absolute Gasteiger partial charge is 0.0654 e. The van der Waals surface area contributed by atoms with E-state index in [1.54, 1.807) is 0 Å². The zero-order valence-electron chi connectivity index (χ0n) is 12.7. The predicted octanol–water partition coefficient (Wildman–Crippen LogP) is 5.77. The molecule has 0 fully saturated rings. The van der Waals surface area contributed by atoms with E-state index >= 15 is 0 Å². The minimum Gasteiger partial charge on any atom is -0.0654 e. The maximum absolute atomic E-state index is 2.39. The Kier molecular flexibility index (Phi) is 4.35. The van der Waals surface area contributed by atoms with Gasteiger partial charge in [-0.15, -0.1) is 0 Å². The van der Waals surface area contributed by atoms with Crippen molar-refractivity contribution >= 4 is 10.8 Å². The van der Waals surface area contributed by atoms with E-state index in [9.17, 15) is 0 Å². The first-order valence-electron chi connectivity index (χ1n) is 7.91. The maximum atomic E-state index is 2.39. The lowest BCUT2D eigenvalue weighted by Gasteiger charge is -2.12. The van der Waals surface area contributed by atoms with Gasteiger partial charge in [0.25, 0.3) is 0 Å². The first-order chi connectivity index (χ1) is 10.4. The Bertz CT molecular complexity index is 710. The third-order valence-corrected chi connectivity index (χ3v) is 4.11. The molecule has 3 aromatic carbocycles. The fraction of sp³-hybridized carbons (Fsp3) is 0.238. The zero-order chi connectivity index (χ0) is 14.5. The number of unbranched alkanes of at least 4 members (excludes halogenated alkanes) is 1. The number of hydrogen-bond donors (Lipinski definition) is 0. The van der Waals surface area contributed by atoms with E-state index in [0.29, 0.717) is 0 Å². The number of aryl methyl sites for hydroxylation is 1. The first-order valence-corrected chi connectivity index (χ1v) is 7.91. The molecule has 3 aromatic rings. The molecule has 0 aliphatic heterocycles. The fourth-order valence-corrected chi connectivity index (χ4v) is 2.91. The molecule has 0 N–H and O–H groups in total. The summed E-state index contributed by atoms with van der Waals surface area (Å²) in [5.41, 5.74) is 4.39. The number of benzene rings is 3. The lowest BCUT2D eigenvalue weighted by atomic mass is 9.93. The van der Waals surface area contributed by atoms with Gasteiger partial charge in [0.2, 0.25) is 0 Å². The van der Waals surface area contributed by atoms with E-state index in [-0.39, 0.29) is 0 Å². The molecule has 0 saturated carbocycles. The first kappa shape index (κ1) is 13.9. The van der Waals surface area contributed by atoms with Crippen LogP contribution in [0.1, 0.15) is 36.5 Å². The summed E-state index contributed by atoms with van der Waals surface area (Å²) in [6.45, 7) is 2.26. The zero-order valence-corrected chi connectivity index (χ0v) is 12.7. The quantitative estimate of drug-likeness (QED) is 0.553. The molecule has 0 heteroatoms. The molecule has 106 valence electrons. The Balaban J connectivity index is 2.01. The van der Waals surface area contributed by atoms with Crippen molar-refractivity contribution in [3.8, 4) is 0 Å². The Morgan fingerprint density at radius 3 is 2.00 bits per heavy atom. The number of hydrogen-bond acceptors (Lipinski definition) is 0. The Labute approximate surface area is 127 Å². The normalized spacial score (nSPS) is 10.9. The molecule has 0 nitrogen and oxygen atoms in total. The summed E-state index contributed by atoms with van der Waals surface area (Å²) in [5.74, 6) is 0. The SMILES string of the molecule is CCCCc1cc2ccccc2cc1Cc1ccccc1. The molecular weight excluding hydrogens is 252 g/mol. The van der Waals surface area contributed by atoms with Crippen LogP contribution in [0.5, 0.6) is 0 Å². The molecule has 0 aliphatic rings. The number of fused-ring (bicyclic) bond motifs is 1. The van der Waals surface area contributed by atoms with Crippen molar-refractivity contribution in [3.05, 3.63) is 83.4 Å². The second kappa shape index (κ2) is 6.58. The second-order valence-corrected chi connectivity index (χ2v) is 5.73. The highest BCUT2D eigenvalue weighted by Gasteiger charge is 2.06. The van der Waals surface area contributed by atoms with E-state index in [1.165, 1.54) is 46.7 Å². The van der Waals surface area contributed by atoms with Gasteiger partial charge < -0.3 is 0 Å². The molecule has 21 heavy (non-hydrogen) atoms. The smallest absolute Gasteiger partial charge is 0.00228 e. The summed E-state index contributed by atoms with van der Waals surface area (Å²) in [6.07, 6.45) is 4.73. The molecule has 0 amide bonds. The third kappa shape index (κ3) is 3.33. The molecule has 0 aliphatic carbocycles. The monoisotopic (exact) mass is 274 g/mol. The van der Waals surface area contributed by atoms with Crippen molar-refractivity contribution in [2.75, 3.05) is 0 Å². The van der Waals surface area contributed by atoms with E-state index in [2.05, 4.69) is 73.7 Å². The van der Waals surface area contributed by atoms with Crippen molar-refractivity contribution in [2.45, 2.75) is 32.6 Å². The minimum absolute atomic E-state index is 1.03. The highest BCUT2D eigenvalue weighted by atomic mass is 14.1. The van der Waals surface area contributed by atoms with Gasteiger partial charge >= 0.3 is 0 Å². The molecule has 0 saturated heterocycles. The molecule has 0 spiro atoms. The van der Waals surface area contributed by atoms with Crippen LogP contribution < -0.4 is 0 Å². The van der Waals surface area contributed by atoms with Crippen LogP contribution in [-0.2, 0) is 12.8 Å². The van der Waals surface area contributed by atoms with Crippen molar-refractivity contribution in [1.82, 2.24) is 0 Å². The van der Waals surface area contributed by atoms with Crippen molar-refractivity contribution in [2.24, 2.45) is 0 Å². The summed E-state index contributed by atoms with van der Waals surface area (Å²) >= 11 is 0. The number of rotatable bonds is 5. The third-order valence-electron chi connectivity index (χ3n) is 4.11. The van der Waals surface area contributed by atoms with Gasteiger partial charge in [0.1, 0.15) is 0 Å². The summed E-state index contributed by atoms with van der Waals surface area (Å²) < 4.78 is 0. The summed E-state index contributed by atoms with van der Waals surface area (Å²) in [5, 5.41) is 2.71. The van der Waals surface area contributed by atoms with Gasteiger partial charge in [-0.2, -0.15) is 0 Å². The van der Waals surface area contributed by atoms with Crippen LogP contribution >= 0.6 is 0 Å². The fourth-order valence-electron chi connectivity index (χ4n) is 2.91. The molecule has 3 rings (SSSR count). The van der Waals surface area contributed by atoms with Crippen LogP contribution in [0, 0.1) is 0 Å². The van der Waals surface area contributed by atoms with Crippen LogP contribution in [0.15, 0.2) is 66.7 Å². The highest BCUT2D eigenvalue weighted by Crippen LogP contribution is 2.24. The van der Waals surface area contributed by atoms with E-state index < -0.39 is 0 Å². The summed E-state index contributed by atoms with van der Waals surface area (Å²) in [7, 11) is 0. The average Bonchev–Trinajstić information content (AvgIpc) is 2.54. The van der Waals surface area contributed by atoms with Gasteiger partial charge in [-0.25, -0.2) is 0 Å². The van der Waals surface area contributed by atoms with Gasteiger partial charge in [0.05, 0.1) is 0 Å². The Hall–Kier alpha value is -2.08. The van der Waals surface area contributed by atoms with Gasteiger partial charge in [0.15, 0.2) is 0 Å². The van der Waals surface area contributed by atoms with Gasteiger partial charge in [-0.3, -0.25) is 0 Å². The van der Waals surface area contributed by atoms with Crippen molar-refractivity contribution < 1.29 is 0 Å². The summed E-state index contributed by atoms with van der Waals surface area (Å²) in [6, 6.07) is 24.2. The van der Waals surface area contributed by atoms with Crippen molar-refractivity contribution in [3.63, 3.8) is 0 Å². The van der Waals surface area contributed by atoms with Crippen LogP contribution in [0.4, 0.5) is 0 Å². The lowest BCUT2D eigenvalue weighted by molar-refractivity contribution is 0.789. The lowest BCUT2D eigenvalue weighted by Crippen LogP contribution is -1.97. The van der Waals surface area contributed by atoms with Crippen LogP contribution in [0.25, 0.3) is 10.8 Å². The second-order valence-electron chi connectivity index (χ2n) is 5.73. The van der Waals surface area contributed by atoms with E-state index in [0.717, 1.165) is 6.42 Å². The minimum atomic E-state index is 1.03. The van der Waals surface area contributed by atoms with Gasteiger partial charge in [-0.1, -0.05) is 80.1 Å². The predicted molar refractivity (Wildman–Crippen MR) is 91.8 cm³/mol. The molecule has 0 radical (unpaired) electrons. The van der Waals surface area contributed by atoms with Crippen molar-refractivity contribution in [1.29, 1.82) is 0 Å². The Morgan fingerprint density at radius 1 is 0.714 bits per heavy atom. The average molecular weight is 274 g/mol. The van der Waals surface area contributed by atoms with Crippen LogP contribution in [0.3, 0.4) is 0 Å². The van der Waals surface area contributed by atoms with Crippen LogP contribution in [0.2, 0.25) is 0 Å². The Morgan fingerprint density at radius 2 is 1.33 bits per heavy atom. The molecule has 0 heterocycles. The maximum Gasteiger partial charge on any atom is -0.00228 e. The van der Waals surface area contributed by atoms with E-state index in [1.807, 2.05) is 0 Å². The van der Waals surface area contributed by atoms with Gasteiger partial charge in [0, 0.05) is 0 Å². The highest BCUT2D eigenvalue weighted by molar-refractivity contribution is 5.84. The molecule has 0 atom stereocenters.